The first-order valence-electron chi connectivity index (χ1n) is 9.41. The highest BCUT2D eigenvalue weighted by molar-refractivity contribution is 5.78. The molecule has 1 heterocycles. The van der Waals surface area contributed by atoms with Crippen LogP contribution in [0.5, 0.6) is 0 Å². The lowest BCUT2D eigenvalue weighted by Gasteiger charge is -2.56. The van der Waals surface area contributed by atoms with Gasteiger partial charge in [0.15, 0.2) is 0 Å². The lowest BCUT2D eigenvalue weighted by molar-refractivity contribution is -0.121. The van der Waals surface area contributed by atoms with Crippen LogP contribution in [0.3, 0.4) is 0 Å². The molecule has 7 nitrogen and oxygen atoms in total. The molecule has 4 saturated carbocycles. The van der Waals surface area contributed by atoms with Gasteiger partial charge in [-0.15, -0.1) is 0 Å². The second-order valence-electron chi connectivity index (χ2n) is 8.14. The molecule has 1 aromatic heterocycles. The number of aromatic amines is 1. The minimum atomic E-state index is -0.124. The number of urea groups is 1. The van der Waals surface area contributed by atoms with Gasteiger partial charge < -0.3 is 20.9 Å². The van der Waals surface area contributed by atoms with Crippen LogP contribution >= 0.6 is 0 Å². The second kappa shape index (κ2) is 6.69. The van der Waals surface area contributed by atoms with Gasteiger partial charge in [0, 0.05) is 30.9 Å². The fourth-order valence-electron chi connectivity index (χ4n) is 5.50. The summed E-state index contributed by atoms with van der Waals surface area (Å²) in [5, 5.41) is 8.88. The second-order valence-corrected chi connectivity index (χ2v) is 8.14. The third-order valence-corrected chi connectivity index (χ3v) is 6.06. The molecule has 0 spiro atoms. The van der Waals surface area contributed by atoms with Crippen LogP contribution < -0.4 is 16.0 Å². The number of hydrogen-bond donors (Lipinski definition) is 4. The van der Waals surface area contributed by atoms with E-state index in [9.17, 15) is 9.59 Å². The Morgan fingerprint density at radius 2 is 1.80 bits per heavy atom. The van der Waals surface area contributed by atoms with Gasteiger partial charge in [0.25, 0.3) is 0 Å². The van der Waals surface area contributed by atoms with E-state index in [2.05, 4.69) is 25.9 Å². The molecule has 0 aliphatic heterocycles. The maximum atomic E-state index is 12.3. The molecule has 4 bridgehead atoms. The Morgan fingerprint density at radius 3 is 2.40 bits per heavy atom. The van der Waals surface area contributed by atoms with Crippen molar-refractivity contribution >= 4 is 11.9 Å². The van der Waals surface area contributed by atoms with Crippen LogP contribution in [0, 0.1) is 17.8 Å². The van der Waals surface area contributed by atoms with Gasteiger partial charge in [-0.1, -0.05) is 0 Å². The van der Waals surface area contributed by atoms with E-state index < -0.39 is 0 Å². The Hall–Kier alpha value is -2.05. The zero-order valence-corrected chi connectivity index (χ0v) is 14.5. The summed E-state index contributed by atoms with van der Waals surface area (Å²) in [6.07, 6.45) is 11.1. The predicted octanol–water partition coefficient (Wildman–Crippen LogP) is 1.68. The smallest absolute Gasteiger partial charge is 0.315 e. The van der Waals surface area contributed by atoms with E-state index in [4.69, 9.17) is 0 Å². The fourth-order valence-corrected chi connectivity index (χ4v) is 5.50. The number of carbonyl (C=O) groups is 2. The molecule has 136 valence electrons. The van der Waals surface area contributed by atoms with Crippen LogP contribution in [-0.2, 0) is 11.3 Å². The maximum Gasteiger partial charge on any atom is 0.315 e. The fraction of sp³-hybridized carbons (Fsp3) is 0.722. The Bertz CT molecular complexity index is 592. The average Bonchev–Trinajstić information content (AvgIpc) is 3.04. The monoisotopic (exact) mass is 345 g/mol. The molecule has 0 radical (unpaired) electrons. The summed E-state index contributed by atoms with van der Waals surface area (Å²) in [6.45, 7) is 0.730. The molecule has 1 aromatic rings. The molecular weight excluding hydrogens is 318 g/mol. The molecule has 3 amide bonds. The van der Waals surface area contributed by atoms with Crippen molar-refractivity contribution in [3.8, 4) is 0 Å². The van der Waals surface area contributed by atoms with E-state index in [1.165, 1.54) is 19.3 Å². The zero-order valence-electron chi connectivity index (χ0n) is 14.5. The van der Waals surface area contributed by atoms with E-state index in [1.807, 2.05) is 0 Å². The van der Waals surface area contributed by atoms with Crippen molar-refractivity contribution in [1.29, 1.82) is 0 Å². The van der Waals surface area contributed by atoms with Crippen LogP contribution in [-0.4, -0.2) is 34.0 Å². The third-order valence-electron chi connectivity index (χ3n) is 6.06. The predicted molar refractivity (Wildman–Crippen MR) is 92.5 cm³/mol. The standard InChI is InChI=1S/C18H27N5O2/c24-16(22-11-15-19-3-4-20-15)1-2-21-17(25)23-18-8-12-5-13(9-18)7-14(6-12)10-18/h3-4,12-14H,1-2,5-11H2,(H,19,20)(H,22,24)(H2,21,23,25). The highest BCUT2D eigenvalue weighted by atomic mass is 16.2. The van der Waals surface area contributed by atoms with Crippen LogP contribution in [0.1, 0.15) is 50.8 Å². The van der Waals surface area contributed by atoms with Crippen molar-refractivity contribution in [1.82, 2.24) is 25.9 Å². The van der Waals surface area contributed by atoms with E-state index >= 15 is 0 Å². The van der Waals surface area contributed by atoms with Crippen molar-refractivity contribution in [3.05, 3.63) is 18.2 Å². The van der Waals surface area contributed by atoms with Gasteiger partial charge in [-0.25, -0.2) is 9.78 Å². The molecule has 0 saturated heterocycles. The van der Waals surface area contributed by atoms with E-state index in [0.29, 0.717) is 13.1 Å². The van der Waals surface area contributed by atoms with E-state index in [-0.39, 0.29) is 23.9 Å². The van der Waals surface area contributed by atoms with Crippen LogP contribution in [0.2, 0.25) is 0 Å². The lowest BCUT2D eigenvalue weighted by Crippen LogP contribution is -2.61. The van der Waals surface area contributed by atoms with Gasteiger partial charge in [0.1, 0.15) is 5.82 Å². The number of H-pyrrole nitrogens is 1. The highest BCUT2D eigenvalue weighted by Crippen LogP contribution is 2.55. The number of imidazole rings is 1. The van der Waals surface area contributed by atoms with Gasteiger partial charge in [-0.2, -0.15) is 0 Å². The quantitative estimate of drug-likeness (QED) is 0.631. The third kappa shape index (κ3) is 3.80. The molecule has 0 atom stereocenters. The molecule has 4 N–H and O–H groups in total. The summed E-state index contributed by atoms with van der Waals surface area (Å²) in [5.74, 6) is 3.05. The zero-order chi connectivity index (χ0) is 17.3. The normalized spacial score (nSPS) is 32.4. The molecule has 4 fully saturated rings. The number of aromatic nitrogens is 2. The number of rotatable bonds is 6. The number of nitrogens with zero attached hydrogens (tertiary/aromatic N) is 1. The summed E-state index contributed by atoms with van der Waals surface area (Å²) in [5.41, 5.74) is 0.0143. The van der Waals surface area contributed by atoms with Gasteiger partial charge in [-0.3, -0.25) is 4.79 Å². The van der Waals surface area contributed by atoms with Crippen LogP contribution in [0.4, 0.5) is 4.79 Å². The number of hydrogen-bond acceptors (Lipinski definition) is 3. The molecule has 25 heavy (non-hydrogen) atoms. The van der Waals surface area contributed by atoms with Crippen molar-refractivity contribution in [2.45, 2.75) is 57.0 Å². The molecular formula is C18H27N5O2. The minimum Gasteiger partial charge on any atom is -0.349 e. The molecule has 0 aromatic carbocycles. The largest absolute Gasteiger partial charge is 0.349 e. The molecule has 4 aliphatic rings. The Morgan fingerprint density at radius 1 is 1.12 bits per heavy atom. The maximum absolute atomic E-state index is 12.3. The van der Waals surface area contributed by atoms with Gasteiger partial charge in [0.05, 0.1) is 6.54 Å². The van der Waals surface area contributed by atoms with E-state index in [1.54, 1.807) is 12.4 Å². The molecule has 5 rings (SSSR count). The Balaban J connectivity index is 1.18. The summed E-state index contributed by atoms with van der Waals surface area (Å²) in [6, 6.07) is -0.124. The highest BCUT2D eigenvalue weighted by Gasteiger charge is 2.51. The first-order chi connectivity index (χ1) is 12.1. The SMILES string of the molecule is O=C(CCNC(=O)NC12CC3CC(CC(C3)C1)C2)NCc1ncc[nH]1. The first kappa shape index (κ1) is 16.4. The first-order valence-corrected chi connectivity index (χ1v) is 9.41. The van der Waals surface area contributed by atoms with Gasteiger partial charge in [0.2, 0.25) is 5.91 Å². The van der Waals surface area contributed by atoms with Crippen molar-refractivity contribution < 1.29 is 9.59 Å². The summed E-state index contributed by atoms with van der Waals surface area (Å²) in [7, 11) is 0. The minimum absolute atomic E-state index is 0.0143. The van der Waals surface area contributed by atoms with Crippen molar-refractivity contribution in [2.75, 3.05) is 6.54 Å². The number of carbonyl (C=O) groups excluding carboxylic acids is 2. The Labute approximate surface area is 147 Å². The van der Waals surface area contributed by atoms with Crippen LogP contribution in [0.15, 0.2) is 12.4 Å². The summed E-state index contributed by atoms with van der Waals surface area (Å²) < 4.78 is 0. The van der Waals surface area contributed by atoms with Crippen molar-refractivity contribution in [2.24, 2.45) is 17.8 Å². The van der Waals surface area contributed by atoms with Gasteiger partial charge in [-0.05, 0) is 56.3 Å². The van der Waals surface area contributed by atoms with Gasteiger partial charge >= 0.3 is 6.03 Å². The van der Waals surface area contributed by atoms with Crippen LogP contribution in [0.25, 0.3) is 0 Å². The van der Waals surface area contributed by atoms with Crippen molar-refractivity contribution in [3.63, 3.8) is 0 Å². The molecule has 0 unspecified atom stereocenters. The topological polar surface area (TPSA) is 98.9 Å². The lowest BCUT2D eigenvalue weighted by atomic mass is 9.53. The summed E-state index contributed by atoms with van der Waals surface area (Å²) in [4.78, 5) is 31.1. The Kier molecular flexibility index (Phi) is 4.39. The van der Waals surface area contributed by atoms with E-state index in [0.717, 1.165) is 42.8 Å². The molecule has 4 aliphatic carbocycles. The number of nitrogens with one attached hydrogen (secondary N) is 4. The average molecular weight is 345 g/mol. The molecule has 7 heteroatoms. The number of amides is 3. The summed E-state index contributed by atoms with van der Waals surface area (Å²) >= 11 is 0.